The second kappa shape index (κ2) is 4.51. The smallest absolute Gasteiger partial charge is 0.149 e. The van der Waals surface area contributed by atoms with Crippen LogP contribution in [0, 0.1) is 5.92 Å². The molecule has 2 saturated carbocycles. The van der Waals surface area contributed by atoms with Gasteiger partial charge in [0.05, 0.1) is 12.4 Å². The van der Waals surface area contributed by atoms with Crippen LogP contribution in [-0.2, 0) is 0 Å². The van der Waals surface area contributed by atoms with Crippen molar-refractivity contribution in [2.24, 2.45) is 5.92 Å². The van der Waals surface area contributed by atoms with Gasteiger partial charge in [0.15, 0.2) is 0 Å². The number of nitrogens with zero attached hydrogens (tertiary/aromatic N) is 3. The minimum absolute atomic E-state index is 0.724. The third-order valence-electron chi connectivity index (χ3n) is 3.41. The molecule has 1 N–H and O–H groups in total. The first kappa shape index (κ1) is 10.8. The SMILES string of the molecule is CCNc1cncc(N(CC2CC2)C2CC2)n1. The summed E-state index contributed by atoms with van der Waals surface area (Å²) in [5.41, 5.74) is 0. The van der Waals surface area contributed by atoms with Gasteiger partial charge in [-0.05, 0) is 38.5 Å². The molecule has 0 bridgehead atoms. The van der Waals surface area contributed by atoms with Gasteiger partial charge in [-0.15, -0.1) is 0 Å². The van der Waals surface area contributed by atoms with Crippen molar-refractivity contribution < 1.29 is 0 Å². The zero-order chi connectivity index (χ0) is 11.7. The third-order valence-corrected chi connectivity index (χ3v) is 3.41. The van der Waals surface area contributed by atoms with Crippen LogP contribution in [0.15, 0.2) is 12.4 Å². The number of anilines is 2. The molecule has 0 amide bonds. The minimum Gasteiger partial charge on any atom is -0.369 e. The van der Waals surface area contributed by atoms with Gasteiger partial charge in [-0.2, -0.15) is 0 Å². The van der Waals surface area contributed by atoms with Crippen molar-refractivity contribution >= 4 is 11.6 Å². The van der Waals surface area contributed by atoms with E-state index in [4.69, 9.17) is 0 Å². The van der Waals surface area contributed by atoms with E-state index in [0.29, 0.717) is 0 Å². The molecule has 1 heterocycles. The van der Waals surface area contributed by atoms with E-state index >= 15 is 0 Å². The summed E-state index contributed by atoms with van der Waals surface area (Å²) in [5, 5.41) is 3.23. The molecule has 1 aromatic heterocycles. The minimum atomic E-state index is 0.724. The van der Waals surface area contributed by atoms with Crippen LogP contribution in [0.5, 0.6) is 0 Å². The Labute approximate surface area is 102 Å². The summed E-state index contributed by atoms with van der Waals surface area (Å²) in [6.45, 7) is 4.15. The van der Waals surface area contributed by atoms with Crippen molar-refractivity contribution in [2.75, 3.05) is 23.3 Å². The molecule has 3 rings (SSSR count). The van der Waals surface area contributed by atoms with Crippen molar-refractivity contribution in [1.29, 1.82) is 0 Å². The van der Waals surface area contributed by atoms with Gasteiger partial charge in [-0.3, -0.25) is 4.98 Å². The summed E-state index contributed by atoms with van der Waals surface area (Å²) < 4.78 is 0. The van der Waals surface area contributed by atoms with Gasteiger partial charge in [-0.1, -0.05) is 0 Å². The van der Waals surface area contributed by atoms with E-state index in [1.807, 2.05) is 6.20 Å². The fourth-order valence-corrected chi connectivity index (χ4v) is 2.15. The predicted octanol–water partition coefficient (Wildman–Crippen LogP) is 2.29. The van der Waals surface area contributed by atoms with Crippen LogP contribution in [0.25, 0.3) is 0 Å². The number of hydrogen-bond acceptors (Lipinski definition) is 4. The molecule has 0 atom stereocenters. The molecule has 1 aromatic rings. The summed E-state index contributed by atoms with van der Waals surface area (Å²) in [6, 6.07) is 0.724. The van der Waals surface area contributed by atoms with Crippen LogP contribution in [0.3, 0.4) is 0 Å². The van der Waals surface area contributed by atoms with Crippen LogP contribution in [-0.4, -0.2) is 29.1 Å². The Morgan fingerprint density at radius 3 is 2.76 bits per heavy atom. The fraction of sp³-hybridized carbons (Fsp3) is 0.692. The van der Waals surface area contributed by atoms with E-state index < -0.39 is 0 Å². The fourth-order valence-electron chi connectivity index (χ4n) is 2.15. The van der Waals surface area contributed by atoms with Crippen LogP contribution in [0.2, 0.25) is 0 Å². The Morgan fingerprint density at radius 1 is 1.29 bits per heavy atom. The Balaban J connectivity index is 1.76. The molecule has 92 valence electrons. The highest BCUT2D eigenvalue weighted by molar-refractivity contribution is 5.45. The lowest BCUT2D eigenvalue weighted by molar-refractivity contribution is 0.707. The highest BCUT2D eigenvalue weighted by Crippen LogP contribution is 2.36. The summed E-state index contributed by atoms with van der Waals surface area (Å²) >= 11 is 0. The molecule has 2 aliphatic carbocycles. The Kier molecular flexibility index (Phi) is 2.87. The van der Waals surface area contributed by atoms with Gasteiger partial charge in [0, 0.05) is 19.1 Å². The van der Waals surface area contributed by atoms with E-state index in [-0.39, 0.29) is 0 Å². The van der Waals surface area contributed by atoms with Crippen molar-refractivity contribution in [3.8, 4) is 0 Å². The maximum absolute atomic E-state index is 4.66. The van der Waals surface area contributed by atoms with Gasteiger partial charge >= 0.3 is 0 Å². The summed E-state index contributed by atoms with van der Waals surface area (Å²) in [5.74, 6) is 2.85. The third kappa shape index (κ3) is 2.68. The van der Waals surface area contributed by atoms with E-state index in [1.165, 1.54) is 32.2 Å². The molecule has 0 aliphatic heterocycles. The topological polar surface area (TPSA) is 41.1 Å². The molecule has 0 radical (unpaired) electrons. The van der Waals surface area contributed by atoms with Crippen molar-refractivity contribution in [2.45, 2.75) is 38.6 Å². The van der Waals surface area contributed by atoms with Gasteiger partial charge in [0.2, 0.25) is 0 Å². The Hall–Kier alpha value is -1.32. The quantitative estimate of drug-likeness (QED) is 0.817. The van der Waals surface area contributed by atoms with Crippen molar-refractivity contribution in [3.05, 3.63) is 12.4 Å². The largest absolute Gasteiger partial charge is 0.369 e. The zero-order valence-corrected chi connectivity index (χ0v) is 10.4. The summed E-state index contributed by atoms with van der Waals surface area (Å²) in [4.78, 5) is 11.4. The lowest BCUT2D eigenvalue weighted by Gasteiger charge is -2.23. The highest BCUT2D eigenvalue weighted by Gasteiger charge is 2.34. The van der Waals surface area contributed by atoms with Gasteiger partial charge in [-0.25, -0.2) is 4.98 Å². The Bertz CT molecular complexity index is 385. The Morgan fingerprint density at radius 2 is 2.12 bits per heavy atom. The molecule has 4 nitrogen and oxygen atoms in total. The van der Waals surface area contributed by atoms with Crippen LogP contribution in [0.1, 0.15) is 32.6 Å². The summed E-state index contributed by atoms with van der Waals surface area (Å²) in [7, 11) is 0. The predicted molar refractivity (Wildman–Crippen MR) is 69.3 cm³/mol. The maximum atomic E-state index is 4.66. The maximum Gasteiger partial charge on any atom is 0.149 e. The monoisotopic (exact) mass is 232 g/mol. The van der Waals surface area contributed by atoms with Crippen molar-refractivity contribution in [1.82, 2.24) is 9.97 Å². The molecular weight excluding hydrogens is 212 g/mol. The van der Waals surface area contributed by atoms with E-state index in [0.717, 1.165) is 30.1 Å². The normalized spacial score (nSPS) is 19.1. The molecule has 2 fully saturated rings. The van der Waals surface area contributed by atoms with Crippen molar-refractivity contribution in [3.63, 3.8) is 0 Å². The van der Waals surface area contributed by atoms with E-state index in [2.05, 4.69) is 27.1 Å². The number of nitrogens with one attached hydrogen (secondary N) is 1. The number of aromatic nitrogens is 2. The molecule has 4 heteroatoms. The second-order valence-electron chi connectivity index (χ2n) is 5.12. The van der Waals surface area contributed by atoms with Gasteiger partial charge in [0.25, 0.3) is 0 Å². The number of hydrogen-bond donors (Lipinski definition) is 1. The van der Waals surface area contributed by atoms with E-state index in [1.54, 1.807) is 6.20 Å². The lowest BCUT2D eigenvalue weighted by atomic mass is 10.3. The van der Waals surface area contributed by atoms with Crippen LogP contribution >= 0.6 is 0 Å². The molecular formula is C13H20N4. The van der Waals surface area contributed by atoms with Gasteiger partial charge < -0.3 is 10.2 Å². The van der Waals surface area contributed by atoms with Crippen LogP contribution in [0.4, 0.5) is 11.6 Å². The molecule has 0 aromatic carbocycles. The highest BCUT2D eigenvalue weighted by atomic mass is 15.3. The molecule has 2 aliphatic rings. The average molecular weight is 232 g/mol. The zero-order valence-electron chi connectivity index (χ0n) is 10.4. The molecule has 17 heavy (non-hydrogen) atoms. The standard InChI is InChI=1S/C13H20N4/c1-2-15-12-7-14-8-13(16-12)17(11-5-6-11)9-10-3-4-10/h7-8,10-11H,2-6,9H2,1H3,(H,15,16). The number of rotatable bonds is 6. The first-order chi connectivity index (χ1) is 8.36. The van der Waals surface area contributed by atoms with Crippen LogP contribution < -0.4 is 10.2 Å². The summed E-state index contributed by atoms with van der Waals surface area (Å²) in [6.07, 6.45) is 9.13. The van der Waals surface area contributed by atoms with E-state index in [9.17, 15) is 0 Å². The first-order valence-electron chi connectivity index (χ1n) is 6.69. The molecule has 0 spiro atoms. The first-order valence-corrected chi connectivity index (χ1v) is 6.69. The van der Waals surface area contributed by atoms with Gasteiger partial charge in [0.1, 0.15) is 11.6 Å². The average Bonchev–Trinajstić information content (AvgIpc) is 3.20. The molecule has 0 saturated heterocycles. The lowest BCUT2D eigenvalue weighted by Crippen LogP contribution is -2.29. The molecule has 0 unspecified atom stereocenters. The second-order valence-corrected chi connectivity index (χ2v) is 5.12.